The van der Waals surface area contributed by atoms with Gasteiger partial charge in [0.15, 0.2) is 11.5 Å². The molecule has 4 amide bonds. The molecular formula is C25H26ClN3O5. The van der Waals surface area contributed by atoms with E-state index in [1.54, 1.807) is 6.07 Å². The molecule has 2 N–H and O–H groups in total. The maximum Gasteiger partial charge on any atom is 0.322 e. The fraction of sp³-hybridized carbons (Fsp3) is 0.400. The molecule has 2 saturated heterocycles. The first-order valence-electron chi connectivity index (χ1n) is 11.5. The van der Waals surface area contributed by atoms with Crippen LogP contribution >= 0.6 is 11.6 Å². The first-order valence-corrected chi connectivity index (χ1v) is 11.9. The summed E-state index contributed by atoms with van der Waals surface area (Å²) in [6, 6.07) is 12.6. The Bertz CT molecular complexity index is 1130. The van der Waals surface area contributed by atoms with Crippen LogP contribution < -0.4 is 20.1 Å². The average Bonchev–Trinajstić information content (AvgIpc) is 3.42. The van der Waals surface area contributed by atoms with Gasteiger partial charge in [-0.05, 0) is 54.5 Å². The van der Waals surface area contributed by atoms with Crippen molar-refractivity contribution < 1.29 is 23.9 Å². The van der Waals surface area contributed by atoms with Gasteiger partial charge in [0.2, 0.25) is 12.7 Å². The lowest BCUT2D eigenvalue weighted by Crippen LogP contribution is -2.58. The number of halogens is 1. The number of hydrogen-bond donors (Lipinski definition) is 2. The zero-order valence-corrected chi connectivity index (χ0v) is 19.4. The Morgan fingerprint density at radius 2 is 1.85 bits per heavy atom. The SMILES string of the molecule is O=C1NC(=O)[C@](Cc2ccccc2Cl)(C2CCN(C(=O)CCc3ccc4c(c3)OCO4)CC2)N1. The number of aryl methyl sites for hydroxylation is 1. The van der Waals surface area contributed by atoms with Gasteiger partial charge in [-0.15, -0.1) is 0 Å². The second-order valence-corrected chi connectivity index (χ2v) is 9.40. The van der Waals surface area contributed by atoms with Crippen LogP contribution in [0.15, 0.2) is 42.5 Å². The molecule has 2 fully saturated rings. The third-order valence-corrected chi connectivity index (χ3v) is 7.37. The van der Waals surface area contributed by atoms with E-state index in [0.717, 1.165) is 16.9 Å². The van der Waals surface area contributed by atoms with Gasteiger partial charge in [-0.3, -0.25) is 14.9 Å². The molecule has 9 heteroatoms. The van der Waals surface area contributed by atoms with Gasteiger partial charge in [0.1, 0.15) is 5.54 Å². The Labute approximate surface area is 202 Å². The number of piperidine rings is 1. The normalized spacial score (nSPS) is 22.0. The first-order chi connectivity index (χ1) is 16.4. The molecule has 1 atom stereocenters. The van der Waals surface area contributed by atoms with Crippen LogP contribution in [0.25, 0.3) is 0 Å². The Morgan fingerprint density at radius 1 is 1.09 bits per heavy atom. The van der Waals surface area contributed by atoms with Crippen molar-refractivity contribution in [3.63, 3.8) is 0 Å². The highest BCUT2D eigenvalue weighted by molar-refractivity contribution is 6.31. The lowest BCUT2D eigenvalue weighted by atomic mass is 9.74. The largest absolute Gasteiger partial charge is 0.454 e. The fourth-order valence-electron chi connectivity index (χ4n) is 5.13. The average molecular weight is 484 g/mol. The zero-order chi connectivity index (χ0) is 23.7. The van der Waals surface area contributed by atoms with Crippen LogP contribution in [0.1, 0.15) is 30.4 Å². The van der Waals surface area contributed by atoms with Crippen LogP contribution in [0.2, 0.25) is 5.02 Å². The minimum Gasteiger partial charge on any atom is -0.454 e. The lowest BCUT2D eigenvalue weighted by Gasteiger charge is -2.41. The number of nitrogens with one attached hydrogen (secondary N) is 2. The van der Waals surface area contributed by atoms with Crippen molar-refractivity contribution >= 4 is 29.4 Å². The summed E-state index contributed by atoms with van der Waals surface area (Å²) in [5.41, 5.74) is 0.768. The van der Waals surface area contributed by atoms with Crippen molar-refractivity contribution in [1.29, 1.82) is 0 Å². The van der Waals surface area contributed by atoms with Crippen molar-refractivity contribution in [3.05, 3.63) is 58.6 Å². The highest BCUT2D eigenvalue weighted by atomic mass is 35.5. The van der Waals surface area contributed by atoms with E-state index in [1.807, 2.05) is 41.3 Å². The summed E-state index contributed by atoms with van der Waals surface area (Å²) in [6.07, 6.45) is 2.56. The number of fused-ring (bicyclic) bond motifs is 1. The number of likely N-dealkylation sites (tertiary alicyclic amines) is 1. The van der Waals surface area contributed by atoms with E-state index in [0.29, 0.717) is 56.0 Å². The van der Waals surface area contributed by atoms with Crippen molar-refractivity contribution in [2.45, 2.75) is 37.6 Å². The summed E-state index contributed by atoms with van der Waals surface area (Å²) in [4.78, 5) is 39.7. The van der Waals surface area contributed by atoms with Crippen molar-refractivity contribution in [1.82, 2.24) is 15.5 Å². The lowest BCUT2D eigenvalue weighted by molar-refractivity contribution is -0.133. The molecule has 0 saturated carbocycles. The van der Waals surface area contributed by atoms with Gasteiger partial charge in [-0.25, -0.2) is 4.79 Å². The van der Waals surface area contributed by atoms with Crippen LogP contribution in [-0.2, 0) is 22.4 Å². The molecule has 5 rings (SSSR count). The van der Waals surface area contributed by atoms with Gasteiger partial charge in [0.05, 0.1) is 0 Å². The van der Waals surface area contributed by atoms with Gasteiger partial charge < -0.3 is 19.7 Å². The maximum absolute atomic E-state index is 12.9. The summed E-state index contributed by atoms with van der Waals surface area (Å²) < 4.78 is 10.7. The number of carbonyl (C=O) groups is 3. The van der Waals surface area contributed by atoms with Gasteiger partial charge in [-0.2, -0.15) is 0 Å². The molecule has 0 bridgehead atoms. The van der Waals surface area contributed by atoms with Gasteiger partial charge in [0.25, 0.3) is 5.91 Å². The summed E-state index contributed by atoms with van der Waals surface area (Å²) in [7, 11) is 0. The van der Waals surface area contributed by atoms with Gasteiger partial charge in [-0.1, -0.05) is 35.9 Å². The summed E-state index contributed by atoms with van der Waals surface area (Å²) in [5, 5.41) is 5.86. The molecule has 2 aromatic rings. The smallest absolute Gasteiger partial charge is 0.322 e. The monoisotopic (exact) mass is 483 g/mol. The number of benzene rings is 2. The highest BCUT2D eigenvalue weighted by Crippen LogP contribution is 2.36. The molecular weight excluding hydrogens is 458 g/mol. The molecule has 178 valence electrons. The number of amides is 4. The maximum atomic E-state index is 12.9. The second-order valence-electron chi connectivity index (χ2n) is 8.99. The van der Waals surface area contributed by atoms with Crippen molar-refractivity contribution in [2.24, 2.45) is 5.92 Å². The Morgan fingerprint density at radius 3 is 2.59 bits per heavy atom. The topological polar surface area (TPSA) is 97.0 Å². The van der Waals surface area contributed by atoms with E-state index in [1.165, 1.54) is 0 Å². The van der Waals surface area contributed by atoms with Crippen LogP contribution in [-0.4, -0.2) is 48.2 Å². The van der Waals surface area contributed by atoms with Crippen LogP contribution in [0, 0.1) is 5.92 Å². The Hall–Kier alpha value is -3.26. The second kappa shape index (κ2) is 9.18. The highest BCUT2D eigenvalue weighted by Gasteiger charge is 2.52. The summed E-state index contributed by atoms with van der Waals surface area (Å²) >= 11 is 6.36. The van der Waals surface area contributed by atoms with E-state index >= 15 is 0 Å². The minimum absolute atomic E-state index is 0.0798. The van der Waals surface area contributed by atoms with Gasteiger partial charge >= 0.3 is 6.03 Å². The zero-order valence-electron chi connectivity index (χ0n) is 18.6. The van der Waals surface area contributed by atoms with Crippen molar-refractivity contribution in [3.8, 4) is 11.5 Å². The summed E-state index contributed by atoms with van der Waals surface area (Å²) in [5.74, 6) is 1.09. The van der Waals surface area contributed by atoms with E-state index in [-0.39, 0.29) is 24.5 Å². The molecule has 3 aliphatic rings. The number of carbonyl (C=O) groups excluding carboxylic acids is 3. The molecule has 0 aromatic heterocycles. The third-order valence-electron chi connectivity index (χ3n) is 7.01. The molecule has 3 heterocycles. The molecule has 0 unspecified atom stereocenters. The third kappa shape index (κ3) is 4.30. The molecule has 8 nitrogen and oxygen atoms in total. The Balaban J connectivity index is 1.22. The molecule has 3 aliphatic heterocycles. The summed E-state index contributed by atoms with van der Waals surface area (Å²) in [6.45, 7) is 1.30. The van der Waals surface area contributed by atoms with E-state index in [9.17, 15) is 14.4 Å². The predicted molar refractivity (Wildman–Crippen MR) is 125 cm³/mol. The fourth-order valence-corrected chi connectivity index (χ4v) is 5.33. The quantitative estimate of drug-likeness (QED) is 0.615. The molecule has 0 aliphatic carbocycles. The number of imide groups is 1. The van der Waals surface area contributed by atoms with Crippen LogP contribution in [0.3, 0.4) is 0 Å². The number of rotatable bonds is 6. The van der Waals surface area contributed by atoms with E-state index < -0.39 is 11.6 Å². The molecule has 0 radical (unpaired) electrons. The van der Waals surface area contributed by atoms with Gasteiger partial charge in [0, 0.05) is 31.0 Å². The van der Waals surface area contributed by atoms with Crippen LogP contribution in [0.4, 0.5) is 4.79 Å². The standard InChI is InChI=1S/C25H26ClN3O5/c26-19-4-2-1-3-17(19)14-25(23(31)27-24(32)28-25)18-9-11-29(12-10-18)22(30)8-6-16-5-7-20-21(13-16)34-15-33-20/h1-5,7,13,18H,6,8-12,14-15H2,(H2,27,28,31,32)/t25-/m0/s1. The molecule has 2 aromatic carbocycles. The van der Waals surface area contributed by atoms with Crippen molar-refractivity contribution in [2.75, 3.05) is 19.9 Å². The number of ether oxygens (including phenoxy) is 2. The number of hydrogen-bond acceptors (Lipinski definition) is 5. The molecule has 34 heavy (non-hydrogen) atoms. The first kappa shape index (κ1) is 22.5. The van der Waals surface area contributed by atoms with Crippen LogP contribution in [0.5, 0.6) is 11.5 Å². The van der Waals surface area contributed by atoms with E-state index in [4.69, 9.17) is 21.1 Å². The molecule has 0 spiro atoms. The predicted octanol–water partition coefficient (Wildman–Crippen LogP) is 3.06. The number of nitrogens with zero attached hydrogens (tertiary/aromatic N) is 1. The van der Waals surface area contributed by atoms with E-state index in [2.05, 4.69) is 10.6 Å². The Kier molecular flexibility index (Phi) is 6.08. The number of urea groups is 1. The minimum atomic E-state index is -1.07.